The number of benzene rings is 1. The summed E-state index contributed by atoms with van der Waals surface area (Å²) in [6.45, 7) is 0. The molecule has 0 unspecified atom stereocenters. The number of carbonyl (C=O) groups excluding carboxylic acids is 2. The normalized spacial score (nSPS) is 39.5. The van der Waals surface area contributed by atoms with Gasteiger partial charge in [-0.05, 0) is 30.7 Å². The Bertz CT molecular complexity index is 610. The van der Waals surface area contributed by atoms with Crippen LogP contribution in [-0.4, -0.2) is 41.3 Å². The Balaban J connectivity index is 1.69. The zero-order valence-electron chi connectivity index (χ0n) is 12.0. The zero-order valence-corrected chi connectivity index (χ0v) is 12.0. The van der Waals surface area contributed by atoms with Gasteiger partial charge < -0.3 is 14.9 Å². The first kappa shape index (κ1) is 13.7. The molecule has 116 valence electrons. The average molecular weight is 303 g/mol. The van der Waals surface area contributed by atoms with Crippen LogP contribution in [0.2, 0.25) is 0 Å². The number of carbonyl (C=O) groups is 2. The van der Waals surface area contributed by atoms with Crippen LogP contribution in [0.4, 0.5) is 5.69 Å². The molecule has 3 aliphatic rings. The molecule has 1 aromatic rings. The number of nitrogens with zero attached hydrogens (tertiary/aromatic N) is 1. The van der Waals surface area contributed by atoms with Crippen molar-refractivity contribution in [1.82, 2.24) is 0 Å². The van der Waals surface area contributed by atoms with E-state index in [-0.39, 0.29) is 23.7 Å². The number of fused-ring (bicyclic) bond motifs is 5. The molecule has 1 aromatic carbocycles. The van der Waals surface area contributed by atoms with Gasteiger partial charge in [-0.25, -0.2) is 0 Å². The van der Waals surface area contributed by atoms with Crippen molar-refractivity contribution in [3.8, 4) is 5.75 Å². The molecular formula is C16H17NO5. The number of hydrogen-bond donors (Lipinski definition) is 2. The Morgan fingerprint density at radius 1 is 1.00 bits per heavy atom. The maximum absolute atomic E-state index is 12.7. The fourth-order valence-electron chi connectivity index (χ4n) is 4.42. The monoisotopic (exact) mass is 303 g/mol. The van der Waals surface area contributed by atoms with Gasteiger partial charge in [0.1, 0.15) is 5.75 Å². The van der Waals surface area contributed by atoms with Crippen molar-refractivity contribution in [2.24, 2.45) is 23.7 Å². The third-order valence-electron chi connectivity index (χ3n) is 5.42. The zero-order chi connectivity index (χ0) is 15.6. The van der Waals surface area contributed by atoms with Gasteiger partial charge in [0.15, 0.2) is 0 Å². The van der Waals surface area contributed by atoms with E-state index >= 15 is 0 Å². The second kappa shape index (κ2) is 4.54. The summed E-state index contributed by atoms with van der Waals surface area (Å²) >= 11 is 0. The van der Waals surface area contributed by atoms with Crippen LogP contribution in [0.1, 0.15) is 6.42 Å². The Hall–Kier alpha value is -1.92. The third-order valence-corrected chi connectivity index (χ3v) is 5.42. The topological polar surface area (TPSA) is 87.1 Å². The summed E-state index contributed by atoms with van der Waals surface area (Å²) in [5.74, 6) is -1.52. The van der Waals surface area contributed by atoms with Crippen molar-refractivity contribution in [2.75, 3.05) is 12.0 Å². The molecule has 2 saturated carbocycles. The average Bonchev–Trinajstić information content (AvgIpc) is 3.13. The van der Waals surface area contributed by atoms with E-state index in [1.807, 2.05) is 0 Å². The summed E-state index contributed by atoms with van der Waals surface area (Å²) in [7, 11) is 1.55. The van der Waals surface area contributed by atoms with E-state index in [1.165, 1.54) is 4.90 Å². The molecule has 6 atom stereocenters. The first-order chi connectivity index (χ1) is 10.5. The number of methoxy groups -OCH3 is 1. The van der Waals surface area contributed by atoms with Gasteiger partial charge >= 0.3 is 0 Å². The minimum Gasteiger partial charge on any atom is -0.497 e. The molecule has 3 fully saturated rings. The van der Waals surface area contributed by atoms with Crippen LogP contribution in [0, 0.1) is 23.7 Å². The molecule has 1 saturated heterocycles. The lowest BCUT2D eigenvalue weighted by Gasteiger charge is -2.29. The number of rotatable bonds is 2. The highest BCUT2D eigenvalue weighted by Crippen LogP contribution is 2.56. The smallest absolute Gasteiger partial charge is 0.238 e. The van der Waals surface area contributed by atoms with Gasteiger partial charge in [0.2, 0.25) is 11.8 Å². The highest BCUT2D eigenvalue weighted by Gasteiger charge is 2.67. The summed E-state index contributed by atoms with van der Waals surface area (Å²) < 4.78 is 5.08. The number of imide groups is 1. The number of hydrogen-bond acceptors (Lipinski definition) is 5. The van der Waals surface area contributed by atoms with Crippen molar-refractivity contribution in [3.63, 3.8) is 0 Å². The Kier molecular flexibility index (Phi) is 2.83. The molecule has 2 N–H and O–H groups in total. The molecule has 6 heteroatoms. The molecule has 0 spiro atoms. The maximum Gasteiger partial charge on any atom is 0.238 e. The molecular weight excluding hydrogens is 286 g/mol. The number of aliphatic hydroxyl groups excluding tert-OH is 2. The van der Waals surface area contributed by atoms with E-state index in [1.54, 1.807) is 31.4 Å². The fraction of sp³-hybridized carbons (Fsp3) is 0.500. The maximum atomic E-state index is 12.7. The molecule has 1 aliphatic heterocycles. The van der Waals surface area contributed by atoms with Crippen LogP contribution in [-0.2, 0) is 9.59 Å². The van der Waals surface area contributed by atoms with Crippen molar-refractivity contribution in [2.45, 2.75) is 18.6 Å². The van der Waals surface area contributed by atoms with Gasteiger partial charge in [-0.15, -0.1) is 0 Å². The van der Waals surface area contributed by atoms with Crippen LogP contribution >= 0.6 is 0 Å². The predicted octanol–water partition coefficient (Wildman–Crippen LogP) is 0.172. The summed E-state index contributed by atoms with van der Waals surface area (Å²) in [6.07, 6.45) is -1.26. The lowest BCUT2D eigenvalue weighted by Crippen LogP contribution is -2.43. The number of ether oxygens (including phenoxy) is 1. The van der Waals surface area contributed by atoms with Gasteiger partial charge in [0.25, 0.3) is 0 Å². The number of aliphatic hydroxyl groups is 2. The summed E-state index contributed by atoms with van der Waals surface area (Å²) in [5.41, 5.74) is 0.508. The second-order valence-electron chi connectivity index (χ2n) is 6.31. The first-order valence-corrected chi connectivity index (χ1v) is 7.42. The van der Waals surface area contributed by atoms with Gasteiger partial charge in [0, 0.05) is 11.8 Å². The summed E-state index contributed by atoms with van der Waals surface area (Å²) in [5, 5.41) is 20.0. The van der Waals surface area contributed by atoms with E-state index in [2.05, 4.69) is 0 Å². The van der Waals surface area contributed by atoms with Crippen LogP contribution in [0.5, 0.6) is 5.75 Å². The van der Waals surface area contributed by atoms with Crippen LogP contribution in [0.15, 0.2) is 24.3 Å². The van der Waals surface area contributed by atoms with Crippen molar-refractivity contribution < 1.29 is 24.5 Å². The predicted molar refractivity (Wildman–Crippen MR) is 76.1 cm³/mol. The van der Waals surface area contributed by atoms with Crippen molar-refractivity contribution in [3.05, 3.63) is 24.3 Å². The van der Waals surface area contributed by atoms with E-state index in [0.717, 1.165) is 0 Å². The van der Waals surface area contributed by atoms with E-state index in [0.29, 0.717) is 17.9 Å². The highest BCUT2D eigenvalue weighted by molar-refractivity contribution is 6.22. The van der Waals surface area contributed by atoms with E-state index in [4.69, 9.17) is 4.74 Å². The van der Waals surface area contributed by atoms with Gasteiger partial charge in [-0.1, -0.05) is 0 Å². The van der Waals surface area contributed by atoms with E-state index in [9.17, 15) is 19.8 Å². The van der Waals surface area contributed by atoms with Crippen LogP contribution in [0.3, 0.4) is 0 Å². The van der Waals surface area contributed by atoms with Crippen molar-refractivity contribution >= 4 is 17.5 Å². The molecule has 6 nitrogen and oxygen atoms in total. The third kappa shape index (κ3) is 1.56. The number of anilines is 1. The highest BCUT2D eigenvalue weighted by atomic mass is 16.5. The van der Waals surface area contributed by atoms with Crippen LogP contribution < -0.4 is 9.64 Å². The summed E-state index contributed by atoms with van der Waals surface area (Å²) in [4.78, 5) is 26.5. The van der Waals surface area contributed by atoms with E-state index < -0.39 is 24.0 Å². The molecule has 2 bridgehead atoms. The molecule has 22 heavy (non-hydrogen) atoms. The second-order valence-corrected chi connectivity index (χ2v) is 6.31. The molecule has 1 heterocycles. The molecule has 0 aromatic heterocycles. The molecule has 4 rings (SSSR count). The largest absolute Gasteiger partial charge is 0.497 e. The van der Waals surface area contributed by atoms with Gasteiger partial charge in [-0.3, -0.25) is 14.5 Å². The lowest BCUT2D eigenvalue weighted by atomic mass is 9.78. The first-order valence-electron chi connectivity index (χ1n) is 7.42. The van der Waals surface area contributed by atoms with Gasteiger partial charge in [-0.2, -0.15) is 0 Å². The van der Waals surface area contributed by atoms with Crippen LogP contribution in [0.25, 0.3) is 0 Å². The Morgan fingerprint density at radius 3 is 1.95 bits per heavy atom. The fourth-order valence-corrected chi connectivity index (χ4v) is 4.42. The molecule has 0 radical (unpaired) electrons. The molecule has 2 amide bonds. The van der Waals surface area contributed by atoms with Crippen molar-refractivity contribution in [1.29, 1.82) is 0 Å². The Labute approximate surface area is 127 Å². The standard InChI is InChI=1S/C16H17NO5/c1-22-8-4-2-7(3-5-8)17-15(20)11-9-6-10(12(11)16(17)21)14(19)13(9)18/h2-5,9-14,18-19H,6H2,1H3/t9-,10-,11-,12-,13-,14-/m0/s1. The minimum absolute atomic E-state index is 0.265. The minimum atomic E-state index is -0.904. The SMILES string of the molecule is COc1ccc(N2C(=O)[C@H]3[C@@H]4C[C@H]([C@H](O)[C@H]4O)[C@@H]3C2=O)cc1. The number of amides is 2. The quantitative estimate of drug-likeness (QED) is 0.761. The lowest BCUT2D eigenvalue weighted by molar-refractivity contribution is -0.129. The summed E-state index contributed by atoms with van der Waals surface area (Å²) in [6, 6.07) is 6.74. The molecule has 2 aliphatic carbocycles. The van der Waals surface area contributed by atoms with Gasteiger partial charge in [0.05, 0.1) is 36.8 Å². The Morgan fingerprint density at radius 2 is 1.50 bits per heavy atom.